The number of para-hydroxylation sites is 1. The van der Waals surface area contributed by atoms with Crippen molar-refractivity contribution in [3.05, 3.63) is 53.7 Å². The molecule has 0 spiro atoms. The zero-order chi connectivity index (χ0) is 13.8. The highest BCUT2D eigenvalue weighted by Gasteiger charge is 2.14. The molecule has 1 aromatic heterocycles. The third kappa shape index (κ3) is 2.91. The topological polar surface area (TPSA) is 45.2 Å². The van der Waals surface area contributed by atoms with Crippen molar-refractivity contribution < 1.29 is 4.79 Å². The predicted octanol–water partition coefficient (Wildman–Crippen LogP) is 2.84. The maximum absolute atomic E-state index is 12.1. The lowest BCUT2D eigenvalue weighted by molar-refractivity contribution is 0.0828. The molecule has 2 aromatic rings. The van der Waals surface area contributed by atoms with E-state index in [0.29, 0.717) is 11.4 Å². The van der Waals surface area contributed by atoms with Crippen molar-refractivity contribution >= 4 is 17.4 Å². The van der Waals surface area contributed by atoms with E-state index in [2.05, 4.69) is 10.3 Å². The van der Waals surface area contributed by atoms with Crippen molar-refractivity contribution in [2.45, 2.75) is 6.92 Å². The fourth-order valence-corrected chi connectivity index (χ4v) is 1.76. The van der Waals surface area contributed by atoms with Crippen LogP contribution in [0.15, 0.2) is 42.6 Å². The van der Waals surface area contributed by atoms with E-state index >= 15 is 0 Å². The Labute approximate surface area is 113 Å². The third-order valence-electron chi connectivity index (χ3n) is 2.84. The number of hydrogen-bond donors (Lipinski definition) is 1. The average Bonchev–Trinajstić information content (AvgIpc) is 2.41. The highest BCUT2D eigenvalue weighted by Crippen LogP contribution is 2.21. The van der Waals surface area contributed by atoms with Gasteiger partial charge in [-0.2, -0.15) is 0 Å². The number of aryl methyl sites for hydroxylation is 1. The molecule has 0 unspecified atom stereocenters. The van der Waals surface area contributed by atoms with Gasteiger partial charge in [0, 0.05) is 26.0 Å². The lowest BCUT2D eigenvalue weighted by atomic mass is 10.2. The molecule has 1 aromatic carbocycles. The van der Waals surface area contributed by atoms with Crippen LogP contribution in [0.25, 0.3) is 0 Å². The summed E-state index contributed by atoms with van der Waals surface area (Å²) in [7, 11) is 3.46. The van der Waals surface area contributed by atoms with Crippen molar-refractivity contribution in [3.8, 4) is 0 Å². The van der Waals surface area contributed by atoms with Gasteiger partial charge in [-0.25, -0.2) is 4.98 Å². The second kappa shape index (κ2) is 5.52. The standard InChI is InChI=1S/C15H17N3O/c1-11-7-4-5-9-13(11)17-14-12(8-6-10-16-14)15(19)18(2)3/h4-10H,1-3H3,(H,16,17). The highest BCUT2D eigenvalue weighted by atomic mass is 16.2. The van der Waals surface area contributed by atoms with Crippen LogP contribution in [0.1, 0.15) is 15.9 Å². The first-order valence-electron chi connectivity index (χ1n) is 6.09. The quantitative estimate of drug-likeness (QED) is 0.917. The number of aromatic nitrogens is 1. The normalized spacial score (nSPS) is 10.1. The van der Waals surface area contributed by atoms with E-state index in [1.807, 2.05) is 31.2 Å². The van der Waals surface area contributed by atoms with E-state index in [4.69, 9.17) is 0 Å². The summed E-state index contributed by atoms with van der Waals surface area (Å²) < 4.78 is 0. The second-order valence-corrected chi connectivity index (χ2v) is 4.54. The molecule has 98 valence electrons. The van der Waals surface area contributed by atoms with Gasteiger partial charge in [-0.05, 0) is 30.7 Å². The number of anilines is 2. The lowest BCUT2D eigenvalue weighted by Crippen LogP contribution is -2.23. The molecule has 19 heavy (non-hydrogen) atoms. The van der Waals surface area contributed by atoms with E-state index in [0.717, 1.165) is 11.3 Å². The molecule has 0 fully saturated rings. The van der Waals surface area contributed by atoms with Gasteiger partial charge in [-0.3, -0.25) is 4.79 Å². The van der Waals surface area contributed by atoms with Gasteiger partial charge in [-0.1, -0.05) is 18.2 Å². The zero-order valence-corrected chi connectivity index (χ0v) is 11.3. The SMILES string of the molecule is Cc1ccccc1Nc1ncccc1C(=O)N(C)C. The van der Waals surface area contributed by atoms with E-state index in [-0.39, 0.29) is 5.91 Å². The molecular weight excluding hydrogens is 238 g/mol. The van der Waals surface area contributed by atoms with Gasteiger partial charge in [0.2, 0.25) is 0 Å². The summed E-state index contributed by atoms with van der Waals surface area (Å²) in [6, 6.07) is 11.4. The van der Waals surface area contributed by atoms with Crippen molar-refractivity contribution in [2.24, 2.45) is 0 Å². The van der Waals surface area contributed by atoms with Gasteiger partial charge in [-0.15, -0.1) is 0 Å². The smallest absolute Gasteiger partial charge is 0.257 e. The Morgan fingerprint density at radius 2 is 1.89 bits per heavy atom. The second-order valence-electron chi connectivity index (χ2n) is 4.54. The number of rotatable bonds is 3. The molecule has 4 nitrogen and oxygen atoms in total. The number of amides is 1. The zero-order valence-electron chi connectivity index (χ0n) is 11.3. The fraction of sp³-hybridized carbons (Fsp3) is 0.200. The van der Waals surface area contributed by atoms with Crippen LogP contribution in [0.3, 0.4) is 0 Å². The molecule has 0 radical (unpaired) electrons. The van der Waals surface area contributed by atoms with Gasteiger partial charge < -0.3 is 10.2 Å². The van der Waals surface area contributed by atoms with Gasteiger partial charge >= 0.3 is 0 Å². The Bertz CT molecular complexity index is 593. The Kier molecular flexibility index (Phi) is 3.80. The minimum Gasteiger partial charge on any atom is -0.345 e. The largest absolute Gasteiger partial charge is 0.345 e. The molecule has 2 rings (SSSR count). The predicted molar refractivity (Wildman–Crippen MR) is 76.7 cm³/mol. The Morgan fingerprint density at radius 3 is 2.58 bits per heavy atom. The molecule has 1 heterocycles. The van der Waals surface area contributed by atoms with Gasteiger partial charge in [0.15, 0.2) is 0 Å². The van der Waals surface area contributed by atoms with Crippen molar-refractivity contribution in [1.29, 1.82) is 0 Å². The number of hydrogen-bond acceptors (Lipinski definition) is 3. The molecule has 4 heteroatoms. The minimum atomic E-state index is -0.0656. The average molecular weight is 255 g/mol. The van der Waals surface area contributed by atoms with Crippen molar-refractivity contribution in [3.63, 3.8) is 0 Å². The summed E-state index contributed by atoms with van der Waals surface area (Å²) in [4.78, 5) is 17.9. The Balaban J connectivity index is 2.36. The molecule has 0 saturated heterocycles. The molecule has 0 aliphatic heterocycles. The summed E-state index contributed by atoms with van der Waals surface area (Å²) >= 11 is 0. The number of nitrogens with zero attached hydrogens (tertiary/aromatic N) is 2. The molecular formula is C15H17N3O. The molecule has 0 aliphatic rings. The van der Waals surface area contributed by atoms with Crippen LogP contribution in [0.4, 0.5) is 11.5 Å². The highest BCUT2D eigenvalue weighted by molar-refractivity contribution is 5.99. The molecule has 0 saturated carbocycles. The molecule has 0 aliphatic carbocycles. The lowest BCUT2D eigenvalue weighted by Gasteiger charge is -2.15. The fourth-order valence-electron chi connectivity index (χ4n) is 1.76. The van der Waals surface area contributed by atoms with E-state index in [9.17, 15) is 4.79 Å². The van der Waals surface area contributed by atoms with Gasteiger partial charge in [0.25, 0.3) is 5.91 Å². The number of nitrogens with one attached hydrogen (secondary N) is 1. The van der Waals surface area contributed by atoms with Crippen molar-refractivity contribution in [2.75, 3.05) is 19.4 Å². The first-order chi connectivity index (χ1) is 9.09. The minimum absolute atomic E-state index is 0.0656. The third-order valence-corrected chi connectivity index (χ3v) is 2.84. The Hall–Kier alpha value is -2.36. The first kappa shape index (κ1) is 13.1. The summed E-state index contributed by atoms with van der Waals surface area (Å²) in [5.41, 5.74) is 2.63. The molecule has 1 N–H and O–H groups in total. The summed E-state index contributed by atoms with van der Waals surface area (Å²) in [5, 5.41) is 3.22. The van der Waals surface area contributed by atoms with Crippen LogP contribution in [0, 0.1) is 6.92 Å². The number of carbonyl (C=O) groups excluding carboxylic acids is 1. The monoisotopic (exact) mass is 255 g/mol. The van der Waals surface area contributed by atoms with Crippen LogP contribution in [0.2, 0.25) is 0 Å². The number of pyridine rings is 1. The van der Waals surface area contributed by atoms with Crippen LogP contribution in [-0.2, 0) is 0 Å². The maximum atomic E-state index is 12.1. The number of carbonyl (C=O) groups is 1. The van der Waals surface area contributed by atoms with E-state index in [1.54, 1.807) is 37.3 Å². The first-order valence-corrected chi connectivity index (χ1v) is 6.09. The van der Waals surface area contributed by atoms with Gasteiger partial charge in [0.05, 0.1) is 5.56 Å². The van der Waals surface area contributed by atoms with Gasteiger partial charge in [0.1, 0.15) is 5.82 Å². The molecule has 0 atom stereocenters. The molecule has 1 amide bonds. The molecule has 0 bridgehead atoms. The van der Waals surface area contributed by atoms with Crippen LogP contribution in [-0.4, -0.2) is 29.9 Å². The van der Waals surface area contributed by atoms with E-state index in [1.165, 1.54) is 0 Å². The summed E-state index contributed by atoms with van der Waals surface area (Å²) in [5.74, 6) is 0.514. The van der Waals surface area contributed by atoms with Crippen LogP contribution >= 0.6 is 0 Å². The summed E-state index contributed by atoms with van der Waals surface area (Å²) in [6.45, 7) is 2.01. The van der Waals surface area contributed by atoms with E-state index < -0.39 is 0 Å². The Morgan fingerprint density at radius 1 is 1.16 bits per heavy atom. The van der Waals surface area contributed by atoms with Crippen molar-refractivity contribution in [1.82, 2.24) is 9.88 Å². The number of benzene rings is 1. The van der Waals surface area contributed by atoms with Crippen LogP contribution in [0.5, 0.6) is 0 Å². The maximum Gasteiger partial charge on any atom is 0.257 e. The van der Waals surface area contributed by atoms with Crippen LogP contribution < -0.4 is 5.32 Å². The summed E-state index contributed by atoms with van der Waals surface area (Å²) in [6.07, 6.45) is 1.67.